The summed E-state index contributed by atoms with van der Waals surface area (Å²) < 4.78 is 59.8. The van der Waals surface area contributed by atoms with Gasteiger partial charge < -0.3 is 19.4 Å². The van der Waals surface area contributed by atoms with Crippen LogP contribution in [0.3, 0.4) is 0 Å². The fourth-order valence-electron chi connectivity index (χ4n) is 4.84. The summed E-state index contributed by atoms with van der Waals surface area (Å²) >= 11 is 6.03. The van der Waals surface area contributed by atoms with E-state index in [0.717, 1.165) is 25.5 Å². The van der Waals surface area contributed by atoms with Gasteiger partial charge in [0.25, 0.3) is 0 Å². The summed E-state index contributed by atoms with van der Waals surface area (Å²) in [6.45, 7) is 2.62. The van der Waals surface area contributed by atoms with Gasteiger partial charge in [0.05, 0.1) is 23.2 Å². The molecule has 2 fully saturated rings. The molecule has 1 aromatic carbocycles. The average Bonchev–Trinajstić information content (AvgIpc) is 3.38. The van der Waals surface area contributed by atoms with E-state index in [2.05, 4.69) is 19.9 Å². The minimum absolute atomic E-state index is 0.0473. The van der Waals surface area contributed by atoms with E-state index in [1.54, 1.807) is 18.1 Å². The van der Waals surface area contributed by atoms with Crippen LogP contribution in [0.4, 0.5) is 35.3 Å². The topological polar surface area (TPSA) is 70.5 Å². The number of nitrogens with zero attached hydrogens (tertiary/aromatic N) is 7. The Kier molecular flexibility index (Phi) is 7.53. The van der Waals surface area contributed by atoms with Gasteiger partial charge in [0.1, 0.15) is 11.6 Å². The smallest absolute Gasteiger partial charge is 0.383 e. The predicted molar refractivity (Wildman–Crippen MR) is 136 cm³/mol. The third kappa shape index (κ3) is 5.46. The molecule has 3 aromatic rings. The normalized spacial score (nSPS) is 18.4. The summed E-state index contributed by atoms with van der Waals surface area (Å²) in [5.41, 5.74) is -0.227. The highest BCUT2D eigenvalue weighted by Crippen LogP contribution is 2.36. The molecule has 38 heavy (non-hydrogen) atoms. The van der Waals surface area contributed by atoms with Gasteiger partial charge in [0, 0.05) is 51.6 Å². The summed E-state index contributed by atoms with van der Waals surface area (Å²) in [5.74, 6) is 0.564. The number of pyridine rings is 1. The number of alkyl halides is 3. The van der Waals surface area contributed by atoms with E-state index in [-0.39, 0.29) is 16.9 Å². The number of ether oxygens (including phenoxy) is 1. The zero-order chi connectivity index (χ0) is 26.9. The Morgan fingerprint density at radius 1 is 1.00 bits per heavy atom. The van der Waals surface area contributed by atoms with Gasteiger partial charge in [-0.3, -0.25) is 0 Å². The maximum absolute atomic E-state index is 13.8. The second kappa shape index (κ2) is 10.9. The molecule has 2 aliphatic rings. The molecule has 0 aliphatic carbocycles. The first-order chi connectivity index (χ1) is 18.2. The second-order valence-electron chi connectivity index (χ2n) is 9.18. The molecule has 0 bridgehead atoms. The molecular weight excluding hydrogens is 526 g/mol. The Morgan fingerprint density at radius 3 is 2.45 bits per heavy atom. The molecule has 5 rings (SSSR count). The van der Waals surface area contributed by atoms with Gasteiger partial charge in [-0.25, -0.2) is 9.37 Å². The highest BCUT2D eigenvalue weighted by molar-refractivity contribution is 6.31. The largest absolute Gasteiger partial charge is 0.419 e. The number of anilines is 3. The second-order valence-corrected chi connectivity index (χ2v) is 9.59. The van der Waals surface area contributed by atoms with Crippen LogP contribution in [0.25, 0.3) is 11.4 Å². The third-order valence-corrected chi connectivity index (χ3v) is 7.03. The molecule has 1 atom stereocenters. The number of piperazine rings is 1. The molecule has 2 aliphatic heterocycles. The molecule has 4 heterocycles. The number of hydrogen-bond donors (Lipinski definition) is 0. The highest BCUT2D eigenvalue weighted by atomic mass is 35.5. The maximum atomic E-state index is 13.8. The first-order valence-electron chi connectivity index (χ1n) is 12.2. The molecule has 13 heteroatoms. The van der Waals surface area contributed by atoms with E-state index in [1.165, 1.54) is 24.4 Å². The van der Waals surface area contributed by atoms with Crippen molar-refractivity contribution in [2.75, 3.05) is 61.1 Å². The summed E-state index contributed by atoms with van der Waals surface area (Å²) in [4.78, 5) is 23.7. The van der Waals surface area contributed by atoms with E-state index in [1.807, 2.05) is 4.90 Å². The van der Waals surface area contributed by atoms with Crippen LogP contribution in [0.2, 0.25) is 5.02 Å². The van der Waals surface area contributed by atoms with Crippen molar-refractivity contribution >= 4 is 29.3 Å². The Bertz CT molecular complexity index is 1290. The molecule has 202 valence electrons. The first-order valence-corrected chi connectivity index (χ1v) is 12.6. The van der Waals surface area contributed by atoms with Crippen LogP contribution < -0.4 is 14.7 Å². The van der Waals surface area contributed by atoms with Crippen molar-refractivity contribution in [2.24, 2.45) is 0 Å². The van der Waals surface area contributed by atoms with Crippen molar-refractivity contribution in [3.63, 3.8) is 0 Å². The summed E-state index contributed by atoms with van der Waals surface area (Å²) in [6, 6.07) is 6.70. The standard InChI is InChI=1S/C25H26ClF4N7O/c1-38-15-17-4-3-9-37(17)24-33-21(16-6-7-20(27)19(26)14-16)32-23(34-24)36-12-10-35(11-13-36)22-18(25(28,29)30)5-2-8-31-22/h2,5-8,14,17H,3-4,9-13,15H2,1H3. The quantitative estimate of drug-likeness (QED) is 0.409. The Labute approximate surface area is 222 Å². The number of aromatic nitrogens is 4. The fraction of sp³-hybridized carbons (Fsp3) is 0.440. The molecule has 2 saturated heterocycles. The first kappa shape index (κ1) is 26.4. The van der Waals surface area contributed by atoms with E-state index in [0.29, 0.717) is 56.1 Å². The zero-order valence-electron chi connectivity index (χ0n) is 20.6. The summed E-state index contributed by atoms with van der Waals surface area (Å²) in [7, 11) is 1.65. The van der Waals surface area contributed by atoms with Crippen molar-refractivity contribution in [1.29, 1.82) is 0 Å². The van der Waals surface area contributed by atoms with E-state index >= 15 is 0 Å². The maximum Gasteiger partial charge on any atom is 0.419 e. The lowest BCUT2D eigenvalue weighted by molar-refractivity contribution is -0.137. The van der Waals surface area contributed by atoms with E-state index in [9.17, 15) is 17.6 Å². The van der Waals surface area contributed by atoms with E-state index in [4.69, 9.17) is 21.3 Å². The molecule has 0 N–H and O–H groups in total. The zero-order valence-corrected chi connectivity index (χ0v) is 21.4. The molecule has 8 nitrogen and oxygen atoms in total. The molecule has 2 aromatic heterocycles. The van der Waals surface area contributed by atoms with Gasteiger partial charge in [-0.15, -0.1) is 0 Å². The Morgan fingerprint density at radius 2 is 1.74 bits per heavy atom. The molecule has 0 amide bonds. The number of methoxy groups -OCH3 is 1. The lowest BCUT2D eigenvalue weighted by atomic mass is 10.2. The van der Waals surface area contributed by atoms with Gasteiger partial charge in [-0.05, 0) is 43.2 Å². The lowest BCUT2D eigenvalue weighted by Crippen LogP contribution is -2.48. The fourth-order valence-corrected chi connectivity index (χ4v) is 5.02. The number of benzene rings is 1. The van der Waals surface area contributed by atoms with Crippen LogP contribution >= 0.6 is 11.6 Å². The van der Waals surface area contributed by atoms with Gasteiger partial charge in [0.15, 0.2) is 5.82 Å². The van der Waals surface area contributed by atoms with Crippen molar-refractivity contribution in [1.82, 2.24) is 19.9 Å². The van der Waals surface area contributed by atoms with E-state index < -0.39 is 17.6 Å². The Hall–Kier alpha value is -3.25. The van der Waals surface area contributed by atoms with Crippen LogP contribution in [0.1, 0.15) is 18.4 Å². The average molecular weight is 552 g/mol. The van der Waals surface area contributed by atoms with Crippen LogP contribution in [0.5, 0.6) is 0 Å². The van der Waals surface area contributed by atoms with Crippen molar-refractivity contribution in [3.05, 3.63) is 52.9 Å². The van der Waals surface area contributed by atoms with Gasteiger partial charge in [0.2, 0.25) is 11.9 Å². The predicted octanol–water partition coefficient (Wildman–Crippen LogP) is 4.69. The Balaban J connectivity index is 1.45. The molecule has 0 radical (unpaired) electrons. The summed E-state index contributed by atoms with van der Waals surface area (Å²) in [5, 5.41) is -0.0473. The molecule has 1 unspecified atom stereocenters. The SMILES string of the molecule is COCC1CCCN1c1nc(-c2ccc(F)c(Cl)c2)nc(N2CCN(c3ncccc3C(F)(F)F)CC2)n1. The molecule has 0 saturated carbocycles. The minimum Gasteiger partial charge on any atom is -0.383 e. The third-order valence-electron chi connectivity index (χ3n) is 6.74. The number of rotatable bonds is 6. The van der Waals surface area contributed by atoms with Crippen LogP contribution in [0.15, 0.2) is 36.5 Å². The highest BCUT2D eigenvalue weighted by Gasteiger charge is 2.36. The van der Waals surface area contributed by atoms with Crippen LogP contribution in [-0.4, -0.2) is 72.4 Å². The van der Waals surface area contributed by atoms with Crippen LogP contribution in [-0.2, 0) is 10.9 Å². The number of halogens is 5. The van der Waals surface area contributed by atoms with Gasteiger partial charge >= 0.3 is 6.18 Å². The molecule has 0 spiro atoms. The van der Waals surface area contributed by atoms with Gasteiger partial charge in [-0.1, -0.05) is 11.6 Å². The van der Waals surface area contributed by atoms with Crippen molar-refractivity contribution in [3.8, 4) is 11.4 Å². The number of hydrogen-bond acceptors (Lipinski definition) is 8. The van der Waals surface area contributed by atoms with Crippen molar-refractivity contribution in [2.45, 2.75) is 25.1 Å². The minimum atomic E-state index is -4.50. The monoisotopic (exact) mass is 551 g/mol. The van der Waals surface area contributed by atoms with Gasteiger partial charge in [-0.2, -0.15) is 28.1 Å². The summed E-state index contributed by atoms with van der Waals surface area (Å²) in [6.07, 6.45) is -1.25. The van der Waals surface area contributed by atoms with Crippen molar-refractivity contribution < 1.29 is 22.3 Å². The molecular formula is C25H26ClF4N7O. The lowest BCUT2D eigenvalue weighted by Gasteiger charge is -2.36. The van der Waals surface area contributed by atoms with Crippen LogP contribution in [0, 0.1) is 5.82 Å².